The second kappa shape index (κ2) is 26.4. The van der Waals surface area contributed by atoms with Crippen LogP contribution < -0.4 is 0 Å². The fraction of sp³-hybridized carbons (Fsp3) is 0.123. The number of rotatable bonds is 15. The van der Waals surface area contributed by atoms with Gasteiger partial charge in [0.1, 0.15) is 5.58 Å². The minimum Gasteiger partial charge on any atom is -0.501 e. The van der Waals surface area contributed by atoms with E-state index in [4.69, 9.17) is 9.40 Å². The van der Waals surface area contributed by atoms with Crippen molar-refractivity contribution in [2.45, 2.75) is 65.2 Å². The van der Waals surface area contributed by atoms with Gasteiger partial charge in [0.15, 0.2) is 0 Å². The van der Waals surface area contributed by atoms with Gasteiger partial charge in [0, 0.05) is 23.5 Å². The van der Waals surface area contributed by atoms with Crippen LogP contribution in [0.25, 0.3) is 106 Å². The van der Waals surface area contributed by atoms with Crippen molar-refractivity contribution in [1.82, 2.24) is 19.5 Å². The SMILES string of the molecule is CC(C)c1cc(-c2ccc(-c3ccccc3)cc2)cc(C(C)C)c1-n1c(-c2[c-]ccc3c2oc2ccc(-c4ccccc4)cc23)nc2ccccc21.[Ir+3].[c-]1cc(CCc2cccc(CCc3ccc(-c4[c-]cccc4)nc3)c2)ccc1-c1ccccn1. The molecule has 0 saturated carbocycles. The van der Waals surface area contributed by atoms with E-state index in [9.17, 15) is 0 Å². The Balaban J connectivity index is 0.000000183. The number of hydrogen-bond acceptors (Lipinski definition) is 4. The Morgan fingerprint density at radius 1 is 0.437 bits per heavy atom. The molecule has 0 amide bonds. The number of benzene rings is 10. The molecular formula is C81H65IrN4O. The molecule has 0 aliphatic heterocycles. The van der Waals surface area contributed by atoms with Gasteiger partial charge in [-0.15, -0.1) is 89.5 Å². The Bertz CT molecular complexity index is 4460. The third-order valence-electron chi connectivity index (χ3n) is 16.3. The smallest absolute Gasteiger partial charge is 0.501 e. The summed E-state index contributed by atoms with van der Waals surface area (Å²) in [6.45, 7) is 9.17. The van der Waals surface area contributed by atoms with Gasteiger partial charge >= 0.3 is 20.1 Å². The Labute approximate surface area is 524 Å². The summed E-state index contributed by atoms with van der Waals surface area (Å²) in [5.74, 6) is 1.35. The number of aryl methyl sites for hydroxylation is 4. The van der Waals surface area contributed by atoms with Crippen molar-refractivity contribution in [2.24, 2.45) is 0 Å². The zero-order chi connectivity index (χ0) is 58.3. The molecule has 4 aromatic heterocycles. The predicted octanol–water partition coefficient (Wildman–Crippen LogP) is 20.6. The van der Waals surface area contributed by atoms with Crippen LogP contribution in [0, 0.1) is 18.2 Å². The minimum absolute atomic E-state index is 0. The van der Waals surface area contributed by atoms with Gasteiger partial charge in [-0.05, 0) is 146 Å². The fourth-order valence-electron chi connectivity index (χ4n) is 11.7. The van der Waals surface area contributed by atoms with Crippen molar-refractivity contribution in [3.05, 3.63) is 313 Å². The monoisotopic (exact) mass is 1300 g/mol. The molecule has 14 aromatic rings. The molecule has 0 aliphatic carbocycles. The summed E-state index contributed by atoms with van der Waals surface area (Å²) in [5.41, 5.74) is 24.8. The van der Waals surface area contributed by atoms with E-state index in [0.717, 1.165) is 98.1 Å². The standard InChI is InChI=1S/C49H39N2O.C32H26N2.Ir/c1-31(2)41-29-38(36-24-22-35(23-25-36)33-14-7-5-8-15-33)30-42(32(3)4)47(41)51-45-21-12-11-20-44(45)50-49(51)40-19-13-18-39-43-28-37(34-16-9-6-10-17-34)26-27-46(43)52-48(39)40;1-2-9-29(10-3-1)32-21-18-28(24-34-32)15-14-27-8-6-7-26(23-27)13-12-25-16-19-30(20-17-25)31-11-4-5-22-33-31;/h5-18,20-32H,1-4H3;1-9,11,16-19,21-24H,12-15H2;/q-1;-2;+3. The molecule has 5 nitrogen and oxygen atoms in total. The van der Waals surface area contributed by atoms with Crippen LogP contribution in [-0.2, 0) is 45.8 Å². The number of para-hydroxylation sites is 2. The molecule has 0 saturated heterocycles. The van der Waals surface area contributed by atoms with Crippen molar-refractivity contribution in [1.29, 1.82) is 0 Å². The first-order valence-corrected chi connectivity index (χ1v) is 29.9. The molecule has 14 rings (SSSR count). The molecule has 87 heavy (non-hydrogen) atoms. The van der Waals surface area contributed by atoms with E-state index in [1.54, 1.807) is 0 Å². The van der Waals surface area contributed by atoms with Crippen LogP contribution in [-0.4, -0.2) is 19.5 Å². The summed E-state index contributed by atoms with van der Waals surface area (Å²) in [7, 11) is 0. The molecule has 0 fully saturated rings. The molecule has 0 spiro atoms. The number of fused-ring (bicyclic) bond motifs is 4. The van der Waals surface area contributed by atoms with E-state index in [-0.39, 0.29) is 31.9 Å². The summed E-state index contributed by atoms with van der Waals surface area (Å²) in [6, 6.07) is 97.6. The van der Waals surface area contributed by atoms with Gasteiger partial charge in [-0.3, -0.25) is 4.98 Å². The minimum atomic E-state index is 0. The van der Waals surface area contributed by atoms with Crippen LogP contribution >= 0.6 is 0 Å². The fourth-order valence-corrected chi connectivity index (χ4v) is 11.7. The zero-order valence-corrected chi connectivity index (χ0v) is 51.7. The first kappa shape index (κ1) is 57.8. The molecule has 0 bridgehead atoms. The molecule has 6 heteroatoms. The van der Waals surface area contributed by atoms with Crippen molar-refractivity contribution >= 4 is 33.0 Å². The molecule has 424 valence electrons. The van der Waals surface area contributed by atoms with E-state index in [0.29, 0.717) is 0 Å². The van der Waals surface area contributed by atoms with Crippen LogP contribution in [0.5, 0.6) is 0 Å². The number of imidazole rings is 1. The van der Waals surface area contributed by atoms with Crippen molar-refractivity contribution < 1.29 is 24.5 Å². The first-order valence-electron chi connectivity index (χ1n) is 29.9. The third kappa shape index (κ3) is 12.7. The van der Waals surface area contributed by atoms with Crippen LogP contribution in [0.2, 0.25) is 0 Å². The van der Waals surface area contributed by atoms with E-state index in [1.807, 2.05) is 60.9 Å². The number of aromatic nitrogens is 4. The average Bonchev–Trinajstić information content (AvgIpc) is 1.76. The van der Waals surface area contributed by atoms with Gasteiger partial charge in [-0.2, -0.15) is 0 Å². The Morgan fingerprint density at radius 2 is 1.05 bits per heavy atom. The maximum atomic E-state index is 6.71. The number of furan rings is 1. The van der Waals surface area contributed by atoms with Gasteiger partial charge < -0.3 is 19.0 Å². The van der Waals surface area contributed by atoms with Gasteiger partial charge in [-0.1, -0.05) is 197 Å². The van der Waals surface area contributed by atoms with E-state index in [2.05, 4.69) is 261 Å². The van der Waals surface area contributed by atoms with Crippen LogP contribution in [0.15, 0.2) is 266 Å². The largest absolute Gasteiger partial charge is 3.00 e. The first-order chi connectivity index (χ1) is 42.3. The molecule has 0 atom stereocenters. The summed E-state index contributed by atoms with van der Waals surface area (Å²) < 4.78 is 9.08. The zero-order valence-electron chi connectivity index (χ0n) is 49.3. The Kier molecular flexibility index (Phi) is 17.5. The predicted molar refractivity (Wildman–Crippen MR) is 355 cm³/mol. The topological polar surface area (TPSA) is 56.7 Å². The maximum Gasteiger partial charge on any atom is 3.00 e. The normalized spacial score (nSPS) is 11.3. The molecule has 4 heterocycles. The second-order valence-electron chi connectivity index (χ2n) is 22.8. The van der Waals surface area contributed by atoms with Gasteiger partial charge in [-0.25, -0.2) is 0 Å². The van der Waals surface area contributed by atoms with E-state index < -0.39 is 0 Å². The maximum absolute atomic E-state index is 6.71. The molecule has 10 aromatic carbocycles. The summed E-state index contributed by atoms with van der Waals surface area (Å²) in [6.07, 6.45) is 7.83. The number of hydrogen-bond donors (Lipinski definition) is 0. The van der Waals surface area contributed by atoms with E-state index in [1.165, 1.54) is 66.9 Å². The quantitative estimate of drug-likeness (QED) is 0.0960. The van der Waals surface area contributed by atoms with Gasteiger partial charge in [0.2, 0.25) is 0 Å². The summed E-state index contributed by atoms with van der Waals surface area (Å²) in [5, 5.41) is 2.14. The third-order valence-corrected chi connectivity index (χ3v) is 16.3. The summed E-state index contributed by atoms with van der Waals surface area (Å²) in [4.78, 5) is 14.4. The number of pyridine rings is 2. The van der Waals surface area contributed by atoms with Crippen molar-refractivity contribution in [3.8, 4) is 73.0 Å². The molecule has 0 radical (unpaired) electrons. The Hall–Kier alpha value is -9.58. The Morgan fingerprint density at radius 3 is 1.70 bits per heavy atom. The van der Waals surface area contributed by atoms with Gasteiger partial charge in [0.05, 0.1) is 22.4 Å². The summed E-state index contributed by atoms with van der Waals surface area (Å²) >= 11 is 0. The van der Waals surface area contributed by atoms with Crippen molar-refractivity contribution in [3.63, 3.8) is 0 Å². The van der Waals surface area contributed by atoms with Crippen LogP contribution in [0.3, 0.4) is 0 Å². The van der Waals surface area contributed by atoms with Crippen LogP contribution in [0.1, 0.15) is 72.9 Å². The second-order valence-corrected chi connectivity index (χ2v) is 22.8. The van der Waals surface area contributed by atoms with Gasteiger partial charge in [0.25, 0.3) is 0 Å². The molecule has 0 N–H and O–H groups in total. The van der Waals surface area contributed by atoms with Crippen molar-refractivity contribution in [2.75, 3.05) is 0 Å². The molecule has 0 unspecified atom stereocenters. The number of nitrogens with zero attached hydrogens (tertiary/aromatic N) is 4. The average molecular weight is 1300 g/mol. The van der Waals surface area contributed by atoms with E-state index >= 15 is 0 Å². The molecular weight excluding hydrogens is 1240 g/mol. The molecule has 0 aliphatic rings. The van der Waals surface area contributed by atoms with Crippen LogP contribution in [0.4, 0.5) is 0 Å².